The molecule has 0 saturated carbocycles. The number of hydrogen-bond acceptors (Lipinski definition) is 5. The van der Waals surface area contributed by atoms with Crippen LogP contribution >= 0.6 is 0 Å². The minimum Gasteiger partial charge on any atom is -0.497 e. The molecule has 1 aliphatic rings. The van der Waals surface area contributed by atoms with E-state index in [9.17, 15) is 9.59 Å². The number of carbonyl (C=O) groups is 2. The number of fused-ring (bicyclic) bond motifs is 1. The quantitative estimate of drug-likeness (QED) is 0.459. The second-order valence-electron chi connectivity index (χ2n) is 8.93. The maximum atomic E-state index is 12.8. The third-order valence-corrected chi connectivity index (χ3v) is 6.75. The van der Waals surface area contributed by atoms with Crippen molar-refractivity contribution < 1.29 is 23.8 Å². The Hall–Kier alpha value is -3.74. The Bertz CT molecular complexity index is 1230. The molecule has 2 N–H and O–H groups in total. The molecule has 35 heavy (non-hydrogen) atoms. The third-order valence-electron chi connectivity index (χ3n) is 6.75. The van der Waals surface area contributed by atoms with Gasteiger partial charge < -0.3 is 24.8 Å². The molecular weight excluding hydrogens is 444 g/mol. The second kappa shape index (κ2) is 10.7. The fourth-order valence-corrected chi connectivity index (χ4v) is 4.87. The summed E-state index contributed by atoms with van der Waals surface area (Å²) in [6, 6.07) is 17.6. The van der Waals surface area contributed by atoms with E-state index in [1.165, 1.54) is 0 Å². The highest BCUT2D eigenvalue weighted by molar-refractivity contribution is 5.91. The van der Waals surface area contributed by atoms with Gasteiger partial charge in [-0.15, -0.1) is 0 Å². The fourth-order valence-electron chi connectivity index (χ4n) is 4.87. The van der Waals surface area contributed by atoms with E-state index in [0.29, 0.717) is 50.1 Å². The number of carbonyl (C=O) groups excluding carboxylic acids is 2. The predicted molar refractivity (Wildman–Crippen MR) is 135 cm³/mol. The molecule has 0 unspecified atom stereocenters. The van der Waals surface area contributed by atoms with Gasteiger partial charge >= 0.3 is 0 Å². The largest absolute Gasteiger partial charge is 0.497 e. The minimum absolute atomic E-state index is 0.0318. The van der Waals surface area contributed by atoms with Crippen LogP contribution in [0, 0.1) is 0 Å². The van der Waals surface area contributed by atoms with Gasteiger partial charge in [0.2, 0.25) is 11.8 Å². The van der Waals surface area contributed by atoms with E-state index >= 15 is 0 Å². The maximum absolute atomic E-state index is 12.8. The Kier molecular flexibility index (Phi) is 7.44. The lowest BCUT2D eigenvalue weighted by Gasteiger charge is -2.30. The molecule has 2 amide bonds. The second-order valence-corrected chi connectivity index (χ2v) is 8.93. The summed E-state index contributed by atoms with van der Waals surface area (Å²) in [6.45, 7) is 0.335. The molecule has 3 aromatic rings. The summed E-state index contributed by atoms with van der Waals surface area (Å²) >= 11 is 0. The highest BCUT2D eigenvalue weighted by atomic mass is 16.5. The molecule has 7 nitrogen and oxygen atoms in total. The van der Waals surface area contributed by atoms with Gasteiger partial charge in [-0.2, -0.15) is 0 Å². The van der Waals surface area contributed by atoms with Gasteiger partial charge in [0.25, 0.3) is 0 Å². The molecule has 7 heteroatoms. The number of nitrogens with one attached hydrogen (secondary N) is 2. The Morgan fingerprint density at radius 2 is 1.69 bits per heavy atom. The molecule has 184 valence electrons. The normalized spacial score (nSPS) is 17.2. The van der Waals surface area contributed by atoms with Crippen molar-refractivity contribution >= 4 is 22.6 Å². The summed E-state index contributed by atoms with van der Waals surface area (Å²) < 4.78 is 16.2. The topological polar surface area (TPSA) is 85.9 Å². The molecule has 0 aliphatic carbocycles. The van der Waals surface area contributed by atoms with Crippen LogP contribution in [0.5, 0.6) is 17.2 Å². The van der Waals surface area contributed by atoms with E-state index in [-0.39, 0.29) is 11.8 Å². The first-order chi connectivity index (χ1) is 17.0. The van der Waals surface area contributed by atoms with Crippen molar-refractivity contribution in [2.24, 2.45) is 0 Å². The van der Waals surface area contributed by atoms with Crippen LogP contribution in [0.15, 0.2) is 54.6 Å². The van der Waals surface area contributed by atoms with Crippen LogP contribution < -0.4 is 24.8 Å². The third kappa shape index (κ3) is 5.50. The summed E-state index contributed by atoms with van der Waals surface area (Å²) in [5, 5.41) is 8.31. The zero-order valence-electron chi connectivity index (χ0n) is 20.5. The lowest BCUT2D eigenvalue weighted by atomic mass is 9.83. The number of hydrogen-bond donors (Lipinski definition) is 2. The molecule has 1 heterocycles. The van der Waals surface area contributed by atoms with Gasteiger partial charge in [-0.25, -0.2) is 0 Å². The van der Waals surface area contributed by atoms with Crippen LogP contribution in [-0.2, 0) is 22.6 Å². The summed E-state index contributed by atoms with van der Waals surface area (Å²) in [6.07, 6.45) is 2.68. The molecular formula is C28H32N2O5. The lowest BCUT2D eigenvalue weighted by Crippen LogP contribution is -2.44. The predicted octanol–water partition coefficient (Wildman–Crippen LogP) is 4.15. The Labute approximate surface area is 205 Å². The van der Waals surface area contributed by atoms with Crippen LogP contribution in [-0.4, -0.2) is 38.7 Å². The van der Waals surface area contributed by atoms with E-state index < -0.39 is 5.54 Å². The molecule has 0 bridgehead atoms. The van der Waals surface area contributed by atoms with Crippen LogP contribution in [0.4, 0.5) is 0 Å². The van der Waals surface area contributed by atoms with Crippen molar-refractivity contribution in [3.05, 3.63) is 65.7 Å². The number of methoxy groups -OCH3 is 3. The molecule has 1 aliphatic heterocycles. The maximum Gasteiger partial charge on any atom is 0.220 e. The van der Waals surface area contributed by atoms with Gasteiger partial charge in [-0.05, 0) is 54.5 Å². The molecule has 1 atom stereocenters. The molecule has 0 radical (unpaired) electrons. The molecule has 1 fully saturated rings. The van der Waals surface area contributed by atoms with Crippen molar-refractivity contribution in [3.63, 3.8) is 0 Å². The van der Waals surface area contributed by atoms with E-state index in [4.69, 9.17) is 14.2 Å². The van der Waals surface area contributed by atoms with Gasteiger partial charge in [0.1, 0.15) is 17.2 Å². The number of rotatable bonds is 10. The van der Waals surface area contributed by atoms with E-state index in [1.807, 2.05) is 42.5 Å². The molecule has 0 aromatic heterocycles. The standard InChI is InChI=1S/C28H32N2O5/c1-33-21-9-11-24(34-2)20(16-21)18-29-26(31)12-14-28(15-13-27(32)30-28)17-19-8-10-25(35-3)23-7-5-4-6-22(19)23/h4-11,16H,12-15,17-18H2,1-3H3,(H,29,31)(H,30,32)/t28-/m0/s1. The molecule has 4 rings (SSSR count). The Balaban J connectivity index is 1.46. The van der Waals surface area contributed by atoms with Crippen molar-refractivity contribution in [3.8, 4) is 17.2 Å². The first kappa shape index (κ1) is 24.4. The minimum atomic E-state index is -0.459. The highest BCUT2D eigenvalue weighted by Crippen LogP contribution is 2.35. The summed E-state index contributed by atoms with van der Waals surface area (Å²) in [5.41, 5.74) is 1.51. The smallest absolute Gasteiger partial charge is 0.220 e. The average Bonchev–Trinajstić information content (AvgIpc) is 3.26. The molecule has 1 saturated heterocycles. The Morgan fingerprint density at radius 1 is 0.943 bits per heavy atom. The van der Waals surface area contributed by atoms with Gasteiger partial charge in [0, 0.05) is 35.9 Å². The van der Waals surface area contributed by atoms with Gasteiger partial charge in [-0.3, -0.25) is 9.59 Å². The SMILES string of the molecule is COc1ccc(OC)c(CNC(=O)CC[C@@]2(Cc3ccc(OC)c4ccccc34)CCC(=O)N2)c1. The summed E-state index contributed by atoms with van der Waals surface area (Å²) in [5.74, 6) is 2.17. The van der Waals surface area contributed by atoms with Crippen molar-refractivity contribution in [1.82, 2.24) is 10.6 Å². The van der Waals surface area contributed by atoms with Crippen molar-refractivity contribution in [2.75, 3.05) is 21.3 Å². The zero-order valence-corrected chi connectivity index (χ0v) is 20.5. The van der Waals surface area contributed by atoms with Crippen LogP contribution in [0.3, 0.4) is 0 Å². The Morgan fingerprint density at radius 3 is 2.37 bits per heavy atom. The van der Waals surface area contributed by atoms with Gasteiger partial charge in [-0.1, -0.05) is 30.3 Å². The van der Waals surface area contributed by atoms with E-state index in [1.54, 1.807) is 21.3 Å². The first-order valence-electron chi connectivity index (χ1n) is 11.8. The average molecular weight is 477 g/mol. The van der Waals surface area contributed by atoms with Crippen molar-refractivity contribution in [1.29, 1.82) is 0 Å². The lowest BCUT2D eigenvalue weighted by molar-refractivity contribution is -0.122. The van der Waals surface area contributed by atoms with E-state index in [0.717, 1.165) is 27.6 Å². The monoisotopic (exact) mass is 476 g/mol. The van der Waals surface area contributed by atoms with Crippen LogP contribution in [0.2, 0.25) is 0 Å². The number of benzene rings is 3. The van der Waals surface area contributed by atoms with Crippen LogP contribution in [0.1, 0.15) is 36.8 Å². The summed E-state index contributed by atoms with van der Waals surface area (Å²) in [4.78, 5) is 25.0. The molecule has 3 aromatic carbocycles. The fraction of sp³-hybridized carbons (Fsp3) is 0.357. The van der Waals surface area contributed by atoms with Gasteiger partial charge in [0.15, 0.2) is 0 Å². The van der Waals surface area contributed by atoms with Crippen molar-refractivity contribution in [2.45, 2.75) is 44.2 Å². The van der Waals surface area contributed by atoms with Crippen LogP contribution in [0.25, 0.3) is 10.8 Å². The summed E-state index contributed by atoms with van der Waals surface area (Å²) in [7, 11) is 4.87. The zero-order chi connectivity index (χ0) is 24.8. The van der Waals surface area contributed by atoms with E-state index in [2.05, 4.69) is 22.8 Å². The first-order valence-corrected chi connectivity index (χ1v) is 11.8. The number of ether oxygens (including phenoxy) is 3. The number of amides is 2. The molecule has 0 spiro atoms. The highest BCUT2D eigenvalue weighted by Gasteiger charge is 2.38. The van der Waals surface area contributed by atoms with Gasteiger partial charge in [0.05, 0.1) is 21.3 Å².